The Balaban J connectivity index is 1.63. The summed E-state index contributed by atoms with van der Waals surface area (Å²) in [6.45, 7) is 2.13. The quantitative estimate of drug-likeness (QED) is 0.871. The Morgan fingerprint density at radius 3 is 2.89 bits per heavy atom. The smallest absolute Gasteiger partial charge is 0.140 e. The predicted molar refractivity (Wildman–Crippen MR) is 107 cm³/mol. The summed E-state index contributed by atoms with van der Waals surface area (Å²) < 4.78 is 6.46. The van der Waals surface area contributed by atoms with Gasteiger partial charge in [-0.15, -0.1) is 0 Å². The van der Waals surface area contributed by atoms with Crippen molar-refractivity contribution in [1.82, 2.24) is 10.2 Å². The van der Waals surface area contributed by atoms with Gasteiger partial charge in [-0.25, -0.2) is 0 Å². The highest BCUT2D eigenvalue weighted by atomic mass is 35.5. The summed E-state index contributed by atoms with van der Waals surface area (Å²) in [5.41, 5.74) is 3.14. The molecule has 4 nitrogen and oxygen atoms in total. The molecule has 2 aromatic carbocycles. The van der Waals surface area contributed by atoms with Gasteiger partial charge in [0, 0.05) is 12.6 Å². The number of fused-ring (bicyclic) bond motifs is 1. The molecule has 0 radical (unpaired) electrons. The van der Waals surface area contributed by atoms with Crippen LogP contribution >= 0.6 is 11.6 Å². The highest BCUT2D eigenvalue weighted by Crippen LogP contribution is 2.40. The summed E-state index contributed by atoms with van der Waals surface area (Å²) in [4.78, 5) is 2.56. The first kappa shape index (κ1) is 18.3. The molecule has 1 aliphatic heterocycles. The van der Waals surface area contributed by atoms with E-state index in [1.54, 1.807) is 12.1 Å². The minimum absolute atomic E-state index is 0.0535. The lowest BCUT2D eigenvalue weighted by atomic mass is 10.0. The third-order valence-electron chi connectivity index (χ3n) is 5.79. The number of likely N-dealkylation sites (N-methyl/N-ethyl adjacent to an activating group) is 1. The molecule has 0 spiro atoms. The first-order chi connectivity index (χ1) is 13.2. The molecule has 3 atom stereocenters. The third kappa shape index (κ3) is 3.68. The number of nitrogens with zero attached hydrogens (tertiary/aromatic N) is 2. The van der Waals surface area contributed by atoms with Crippen molar-refractivity contribution in [3.8, 4) is 11.8 Å². The number of nitriles is 1. The van der Waals surface area contributed by atoms with Crippen LogP contribution in [-0.4, -0.2) is 37.1 Å². The fourth-order valence-corrected chi connectivity index (χ4v) is 4.57. The Morgan fingerprint density at radius 1 is 1.26 bits per heavy atom. The van der Waals surface area contributed by atoms with Crippen LogP contribution < -0.4 is 10.1 Å². The maximum Gasteiger partial charge on any atom is 0.140 e. The Labute approximate surface area is 165 Å². The number of benzene rings is 2. The second-order valence-corrected chi connectivity index (χ2v) is 7.80. The SMILES string of the molecule is CN[C@@H]1CCCN([C@@H]2Cc3ccccc3C2Oc2ccc(C#N)cc2Cl)C1. The van der Waals surface area contributed by atoms with Gasteiger partial charge in [0.05, 0.1) is 22.7 Å². The first-order valence-electron chi connectivity index (χ1n) is 9.55. The molecule has 2 aliphatic rings. The van der Waals surface area contributed by atoms with Crippen LogP contribution in [-0.2, 0) is 6.42 Å². The minimum atomic E-state index is -0.0535. The molecule has 0 saturated carbocycles. The second-order valence-electron chi connectivity index (χ2n) is 7.39. The van der Waals surface area contributed by atoms with Gasteiger partial charge in [-0.2, -0.15) is 5.26 Å². The van der Waals surface area contributed by atoms with E-state index in [9.17, 15) is 0 Å². The molecule has 0 amide bonds. The summed E-state index contributed by atoms with van der Waals surface area (Å²) in [5, 5.41) is 13.0. The van der Waals surface area contributed by atoms with Gasteiger partial charge in [-0.1, -0.05) is 35.9 Å². The zero-order valence-corrected chi connectivity index (χ0v) is 16.2. The average molecular weight is 382 g/mol. The van der Waals surface area contributed by atoms with E-state index in [2.05, 4.69) is 40.6 Å². The average Bonchev–Trinajstić information content (AvgIpc) is 3.08. The maximum absolute atomic E-state index is 9.07. The van der Waals surface area contributed by atoms with Crippen LogP contribution in [0, 0.1) is 11.3 Å². The van der Waals surface area contributed by atoms with E-state index in [1.807, 2.05) is 13.1 Å². The highest BCUT2D eigenvalue weighted by molar-refractivity contribution is 6.32. The van der Waals surface area contributed by atoms with Crippen LogP contribution in [0.4, 0.5) is 0 Å². The summed E-state index contributed by atoms with van der Waals surface area (Å²) >= 11 is 6.39. The zero-order chi connectivity index (χ0) is 18.8. The van der Waals surface area contributed by atoms with Crippen LogP contribution in [0.25, 0.3) is 0 Å². The van der Waals surface area contributed by atoms with Crippen molar-refractivity contribution in [1.29, 1.82) is 5.26 Å². The first-order valence-corrected chi connectivity index (χ1v) is 9.93. The fraction of sp³-hybridized carbons (Fsp3) is 0.409. The van der Waals surface area contributed by atoms with Gasteiger partial charge in [-0.3, -0.25) is 4.90 Å². The molecule has 1 saturated heterocycles. The molecule has 2 aromatic rings. The molecule has 1 N–H and O–H groups in total. The van der Waals surface area contributed by atoms with Crippen molar-refractivity contribution in [2.45, 2.75) is 37.5 Å². The summed E-state index contributed by atoms with van der Waals surface area (Å²) in [5.74, 6) is 0.643. The standard InChI is InChI=1S/C22H24ClN3O/c1-25-17-6-4-10-26(14-17)20-12-16-5-2-3-7-18(16)22(20)27-21-9-8-15(13-24)11-19(21)23/h2-3,5,7-9,11,17,20,22,25H,4,6,10,12,14H2,1H3/t17-,20-,22?/m1/s1. The van der Waals surface area contributed by atoms with E-state index in [-0.39, 0.29) is 6.10 Å². The highest BCUT2D eigenvalue weighted by Gasteiger charge is 2.39. The fourth-order valence-electron chi connectivity index (χ4n) is 4.35. The van der Waals surface area contributed by atoms with E-state index in [4.69, 9.17) is 21.6 Å². The number of hydrogen-bond acceptors (Lipinski definition) is 4. The molecule has 27 heavy (non-hydrogen) atoms. The number of ether oxygens (including phenoxy) is 1. The largest absolute Gasteiger partial charge is 0.482 e. The van der Waals surface area contributed by atoms with Crippen molar-refractivity contribution in [3.63, 3.8) is 0 Å². The van der Waals surface area contributed by atoms with Crippen molar-refractivity contribution in [2.75, 3.05) is 20.1 Å². The second kappa shape index (κ2) is 7.90. The summed E-state index contributed by atoms with van der Waals surface area (Å²) in [6.07, 6.45) is 3.36. The van der Waals surface area contributed by atoms with Crippen molar-refractivity contribution in [3.05, 3.63) is 64.2 Å². The van der Waals surface area contributed by atoms with Crippen molar-refractivity contribution < 1.29 is 4.74 Å². The normalized spacial score (nSPS) is 25.0. The molecule has 1 fully saturated rings. The Morgan fingerprint density at radius 2 is 2.11 bits per heavy atom. The molecule has 4 rings (SSSR count). The lowest BCUT2D eigenvalue weighted by molar-refractivity contribution is 0.0557. The molecule has 1 heterocycles. The van der Waals surface area contributed by atoms with Gasteiger partial charge >= 0.3 is 0 Å². The number of halogens is 1. The van der Waals surface area contributed by atoms with E-state index in [0.717, 1.165) is 19.5 Å². The van der Waals surface area contributed by atoms with Gasteiger partial charge in [-0.05, 0) is 62.2 Å². The number of piperidine rings is 1. The molecule has 1 aliphatic carbocycles. The van der Waals surface area contributed by atoms with Crippen LogP contribution in [0.5, 0.6) is 5.75 Å². The molecular weight excluding hydrogens is 358 g/mol. The van der Waals surface area contributed by atoms with Crippen LogP contribution in [0.15, 0.2) is 42.5 Å². The topological polar surface area (TPSA) is 48.3 Å². The van der Waals surface area contributed by atoms with E-state index in [0.29, 0.717) is 28.4 Å². The predicted octanol–water partition coefficient (Wildman–Crippen LogP) is 3.94. The molecule has 0 aromatic heterocycles. The molecule has 0 bridgehead atoms. The number of hydrogen-bond donors (Lipinski definition) is 1. The summed E-state index contributed by atoms with van der Waals surface area (Å²) in [7, 11) is 2.04. The van der Waals surface area contributed by atoms with Crippen LogP contribution in [0.3, 0.4) is 0 Å². The van der Waals surface area contributed by atoms with E-state index < -0.39 is 0 Å². The number of likely N-dealkylation sites (tertiary alicyclic amines) is 1. The van der Waals surface area contributed by atoms with Crippen LogP contribution in [0.1, 0.15) is 35.6 Å². The van der Waals surface area contributed by atoms with Gasteiger partial charge in [0.15, 0.2) is 0 Å². The lowest BCUT2D eigenvalue weighted by Crippen LogP contribution is -2.50. The Hall–Kier alpha value is -2.06. The molecule has 1 unspecified atom stereocenters. The molecule has 5 heteroatoms. The zero-order valence-electron chi connectivity index (χ0n) is 15.5. The third-order valence-corrected chi connectivity index (χ3v) is 6.08. The minimum Gasteiger partial charge on any atom is -0.482 e. The molecule has 140 valence electrons. The van der Waals surface area contributed by atoms with E-state index >= 15 is 0 Å². The van der Waals surface area contributed by atoms with Gasteiger partial charge in [0.25, 0.3) is 0 Å². The van der Waals surface area contributed by atoms with Gasteiger partial charge in [0.1, 0.15) is 11.9 Å². The van der Waals surface area contributed by atoms with Gasteiger partial charge < -0.3 is 10.1 Å². The number of nitrogens with one attached hydrogen (secondary N) is 1. The monoisotopic (exact) mass is 381 g/mol. The van der Waals surface area contributed by atoms with E-state index in [1.165, 1.54) is 24.0 Å². The number of rotatable bonds is 4. The van der Waals surface area contributed by atoms with Crippen molar-refractivity contribution >= 4 is 11.6 Å². The van der Waals surface area contributed by atoms with Gasteiger partial charge in [0.2, 0.25) is 0 Å². The molecular formula is C22H24ClN3O. The lowest BCUT2D eigenvalue weighted by Gasteiger charge is -2.39. The Kier molecular flexibility index (Phi) is 5.36. The Bertz CT molecular complexity index is 863. The summed E-state index contributed by atoms with van der Waals surface area (Å²) in [6, 6.07) is 16.7. The van der Waals surface area contributed by atoms with Crippen molar-refractivity contribution in [2.24, 2.45) is 0 Å². The maximum atomic E-state index is 9.07. The van der Waals surface area contributed by atoms with Crippen LogP contribution in [0.2, 0.25) is 5.02 Å².